The number of aliphatic hydroxyl groups is 6. The van der Waals surface area contributed by atoms with Crippen molar-refractivity contribution >= 4 is 70.9 Å². The van der Waals surface area contributed by atoms with Gasteiger partial charge in [-0.3, -0.25) is 28.8 Å². The fourth-order valence-corrected chi connectivity index (χ4v) is 12.1. The second kappa shape index (κ2) is 35.6. The van der Waals surface area contributed by atoms with Gasteiger partial charge in [0.2, 0.25) is 11.8 Å². The maximum atomic E-state index is 13.0. The maximum Gasteiger partial charge on any atom is 0.364 e. The van der Waals surface area contributed by atoms with E-state index in [1.165, 1.54) is 47.8 Å². The molecule has 0 unspecified atom stereocenters. The van der Waals surface area contributed by atoms with E-state index in [0.717, 1.165) is 36.1 Å². The van der Waals surface area contributed by atoms with Crippen LogP contribution in [0.25, 0.3) is 22.3 Å². The van der Waals surface area contributed by atoms with Crippen LogP contribution < -0.4 is 31.9 Å². The van der Waals surface area contributed by atoms with E-state index in [-0.39, 0.29) is 50.3 Å². The van der Waals surface area contributed by atoms with Crippen molar-refractivity contribution in [2.75, 3.05) is 62.4 Å². The van der Waals surface area contributed by atoms with Gasteiger partial charge in [-0.05, 0) is 95.1 Å². The highest BCUT2D eigenvalue weighted by Gasteiger charge is 2.57. The molecule has 0 radical (unpaired) electrons. The number of ether oxygens (including phenoxy) is 4. The van der Waals surface area contributed by atoms with Gasteiger partial charge < -0.3 is 91.7 Å². The summed E-state index contributed by atoms with van der Waals surface area (Å²) in [7, 11) is 0. The molecule has 0 saturated carbocycles. The Labute approximate surface area is 550 Å². The lowest BCUT2D eigenvalue weighted by molar-refractivity contribution is -0.310. The maximum absolute atomic E-state index is 13.0. The summed E-state index contributed by atoms with van der Waals surface area (Å²) in [6.45, 7) is 1.42. The van der Waals surface area contributed by atoms with E-state index in [9.17, 15) is 79.2 Å². The first-order chi connectivity index (χ1) is 45.0. The molecule has 5 aromatic carbocycles. The standard InChI is InChI=1S/C66H80N6O20S2/c1-39(73)71-53-49(75)35-65(63(85)86,91-57(53)55(79)51(77)37-69-61(83)47-19-15-43(16-20-47)41-11-5-3-6-12-41)89-29-9-31-93-33-27-67-59(81)45-23-25-46(26-24-45)60(82)68-28-34-94-32-10-30-90-66(64(87)88)36-50(76)54(72-40(2)74)58(92-66)56(80)52(78)38-70-62(84)48-21-17-44(18-22-48)42-13-7-4-8-14-42/h3-8,11-26,49-58,75-80H,9-10,27-38H2,1-2H3,(H,67,81)(H,68,82)(H,69,83)(H,70,84)(H,71,73)(H,72,74)(H,85,86)(H,87,88)/t49-,50-,51+,52+,53+,54+,55+,56+,57+,58+,65+,66+/m0/s1. The normalized spacial score (nSPS) is 22.3. The molecule has 0 aliphatic carbocycles. The van der Waals surface area contributed by atoms with Crippen LogP contribution in [0.3, 0.4) is 0 Å². The third-order valence-electron chi connectivity index (χ3n) is 15.5. The molecule has 2 fully saturated rings. The number of thioether (sulfide) groups is 2. The van der Waals surface area contributed by atoms with Gasteiger partial charge in [0, 0.05) is 86.6 Å². The van der Waals surface area contributed by atoms with Crippen molar-refractivity contribution in [1.82, 2.24) is 31.9 Å². The monoisotopic (exact) mass is 1340 g/mol. The number of aliphatic hydroxyl groups excluding tert-OH is 6. The van der Waals surface area contributed by atoms with Gasteiger partial charge in [0.15, 0.2) is 0 Å². The number of nitrogens with one attached hydrogen (secondary N) is 6. The molecule has 2 aliphatic rings. The van der Waals surface area contributed by atoms with Crippen molar-refractivity contribution in [3.63, 3.8) is 0 Å². The second-order valence-electron chi connectivity index (χ2n) is 22.4. The molecular formula is C66H80N6O20S2. The van der Waals surface area contributed by atoms with Crippen molar-refractivity contribution < 1.29 is 98.2 Å². The van der Waals surface area contributed by atoms with Crippen LogP contribution >= 0.6 is 23.5 Å². The number of carboxylic acid groups (broad SMARTS) is 2. The van der Waals surface area contributed by atoms with Crippen molar-refractivity contribution in [2.45, 2.75) is 112 Å². The zero-order valence-corrected chi connectivity index (χ0v) is 53.3. The zero-order valence-electron chi connectivity index (χ0n) is 51.7. The molecule has 7 rings (SSSR count). The van der Waals surface area contributed by atoms with E-state index in [1.54, 1.807) is 48.5 Å². The molecule has 2 aliphatic heterocycles. The molecule has 28 heteroatoms. The molecule has 2 heterocycles. The van der Waals surface area contributed by atoms with Crippen molar-refractivity contribution in [1.29, 1.82) is 0 Å². The van der Waals surface area contributed by atoms with Gasteiger partial charge >= 0.3 is 11.9 Å². The first-order valence-electron chi connectivity index (χ1n) is 30.4. The number of carbonyl (C=O) groups excluding carboxylic acids is 6. The lowest BCUT2D eigenvalue weighted by atomic mass is 9.88. The van der Waals surface area contributed by atoms with Crippen LogP contribution in [0.5, 0.6) is 0 Å². The number of carboxylic acids is 2. The van der Waals surface area contributed by atoms with Crippen LogP contribution in [0.4, 0.5) is 0 Å². The Morgan fingerprint density at radius 2 is 0.777 bits per heavy atom. The Hall–Kier alpha value is -7.84. The fourth-order valence-electron chi connectivity index (χ4n) is 10.5. The van der Waals surface area contributed by atoms with Gasteiger partial charge in [0.05, 0.1) is 49.7 Å². The number of hydrogen-bond donors (Lipinski definition) is 14. The van der Waals surface area contributed by atoms with Gasteiger partial charge in [0.25, 0.3) is 35.2 Å². The number of aliphatic carboxylic acids is 2. The largest absolute Gasteiger partial charge is 0.477 e. The highest BCUT2D eigenvalue weighted by atomic mass is 32.2. The second-order valence-corrected chi connectivity index (χ2v) is 24.9. The number of amides is 6. The van der Waals surface area contributed by atoms with E-state index < -0.39 is 146 Å². The van der Waals surface area contributed by atoms with E-state index >= 15 is 0 Å². The van der Waals surface area contributed by atoms with Crippen LogP contribution in [0.1, 0.15) is 81.0 Å². The van der Waals surface area contributed by atoms with Gasteiger partial charge in [0.1, 0.15) is 24.4 Å². The minimum atomic E-state index is -2.49. The lowest BCUT2D eigenvalue weighted by Crippen LogP contribution is -2.68. The molecule has 26 nitrogen and oxygen atoms in total. The zero-order chi connectivity index (χ0) is 68.0. The van der Waals surface area contributed by atoms with E-state index in [0.29, 0.717) is 34.1 Å². The Morgan fingerprint density at radius 3 is 1.10 bits per heavy atom. The van der Waals surface area contributed by atoms with Crippen LogP contribution in [0.15, 0.2) is 133 Å². The summed E-state index contributed by atoms with van der Waals surface area (Å²) in [5.41, 5.74) is 4.76. The van der Waals surface area contributed by atoms with Crippen LogP contribution in [-0.2, 0) is 38.1 Å². The van der Waals surface area contributed by atoms with Crippen molar-refractivity contribution in [3.8, 4) is 22.3 Å². The minimum absolute atomic E-state index is 0.184. The van der Waals surface area contributed by atoms with Crippen LogP contribution in [-0.4, -0.2) is 223 Å². The molecule has 6 amide bonds. The summed E-state index contributed by atoms with van der Waals surface area (Å²) in [6.07, 6.45) is -14.7. The predicted octanol–water partition coefficient (Wildman–Crippen LogP) is 1.93. The Balaban J connectivity index is 0.773. The van der Waals surface area contributed by atoms with Gasteiger partial charge in [-0.2, -0.15) is 23.5 Å². The highest BCUT2D eigenvalue weighted by Crippen LogP contribution is 2.36. The highest BCUT2D eigenvalue weighted by molar-refractivity contribution is 7.99. The molecule has 0 spiro atoms. The molecule has 0 aromatic heterocycles. The van der Waals surface area contributed by atoms with Gasteiger partial charge in [-0.15, -0.1) is 0 Å². The summed E-state index contributed by atoms with van der Waals surface area (Å²) in [5.74, 6) is -9.64. The van der Waals surface area contributed by atoms with Crippen molar-refractivity contribution in [2.24, 2.45) is 0 Å². The summed E-state index contributed by atoms with van der Waals surface area (Å²) < 4.78 is 23.2. The van der Waals surface area contributed by atoms with Gasteiger partial charge in [-0.25, -0.2) is 9.59 Å². The fraction of sp³-hybridized carbons (Fsp3) is 0.424. The number of carbonyl (C=O) groups is 8. The number of rotatable bonds is 34. The van der Waals surface area contributed by atoms with Crippen LogP contribution in [0, 0.1) is 0 Å². The minimum Gasteiger partial charge on any atom is -0.477 e. The third-order valence-corrected chi connectivity index (χ3v) is 17.6. The molecular weight excluding hydrogens is 1260 g/mol. The van der Waals surface area contributed by atoms with Gasteiger partial charge in [-0.1, -0.05) is 84.9 Å². The van der Waals surface area contributed by atoms with E-state index in [2.05, 4.69) is 31.9 Å². The molecule has 506 valence electrons. The molecule has 0 bridgehead atoms. The third kappa shape index (κ3) is 20.6. The smallest absolute Gasteiger partial charge is 0.364 e. The summed E-state index contributed by atoms with van der Waals surface area (Å²) in [6, 6.07) is 35.6. The van der Waals surface area contributed by atoms with E-state index in [4.69, 9.17) is 18.9 Å². The first-order valence-corrected chi connectivity index (χ1v) is 32.7. The Bertz CT molecular complexity index is 3110. The SMILES string of the molecule is CC(=O)N[C@H]1[C@H]([C@H](O)[C@H](O)CNC(=O)c2ccc(-c3ccccc3)cc2)O[C@@](OCCCSCCNC(=O)c2ccc(C(=O)NCCSCCCO[C@]3(C(=O)O)C[C@H](O)[C@@H](NC(C)=O)[C@H]([C@H](O)[C@H](O)CNC(=O)c4ccc(-c5ccccc5)cc4)O3)cc2)(C(=O)O)C[C@@H]1O. The summed E-state index contributed by atoms with van der Waals surface area (Å²) >= 11 is 2.84. The van der Waals surface area contributed by atoms with E-state index in [1.807, 2.05) is 60.7 Å². The molecule has 12 atom stereocenters. The molecule has 14 N–H and O–H groups in total. The quantitative estimate of drug-likeness (QED) is 0.0262. The first kappa shape index (κ1) is 73.6. The van der Waals surface area contributed by atoms with Crippen LogP contribution in [0.2, 0.25) is 0 Å². The topological polar surface area (TPSA) is 408 Å². The Kier molecular flexibility index (Phi) is 27.9. The summed E-state index contributed by atoms with van der Waals surface area (Å²) in [5, 5.41) is 103. The predicted molar refractivity (Wildman–Crippen MR) is 346 cm³/mol. The molecule has 5 aromatic rings. The lowest BCUT2D eigenvalue weighted by Gasteiger charge is -2.46. The average molecular weight is 1340 g/mol. The molecule has 94 heavy (non-hydrogen) atoms. The molecule has 2 saturated heterocycles. The average Bonchev–Trinajstić information content (AvgIpc) is 0.791. The van der Waals surface area contributed by atoms with Crippen molar-refractivity contribution in [3.05, 3.63) is 156 Å². The number of benzene rings is 5. The number of hydrogen-bond acceptors (Lipinski definition) is 20. The Morgan fingerprint density at radius 1 is 0.468 bits per heavy atom. The summed E-state index contributed by atoms with van der Waals surface area (Å²) in [4.78, 5) is 102.